The molecule has 0 fully saturated rings. The van der Waals surface area contributed by atoms with Gasteiger partial charge in [0.05, 0.1) is 13.2 Å². The third kappa shape index (κ3) is 3.67. The minimum atomic E-state index is 0.136. The third-order valence-corrected chi connectivity index (χ3v) is 2.29. The van der Waals surface area contributed by atoms with Gasteiger partial charge in [-0.1, -0.05) is 0 Å². The van der Waals surface area contributed by atoms with Crippen molar-refractivity contribution in [2.24, 2.45) is 0 Å². The summed E-state index contributed by atoms with van der Waals surface area (Å²) in [7, 11) is 1.64. The molecule has 1 heterocycles. The molecule has 0 aliphatic heterocycles. The molecule has 4 heteroatoms. The second-order valence-electron chi connectivity index (χ2n) is 2.60. The van der Waals surface area contributed by atoms with Gasteiger partial charge >= 0.3 is 0 Å². The summed E-state index contributed by atoms with van der Waals surface area (Å²) in [6.07, 6.45) is 0. The number of nitrogens with one attached hydrogen (secondary N) is 1. The average Bonchev–Trinajstić information content (AvgIpc) is 2.65. The van der Waals surface area contributed by atoms with Crippen LogP contribution < -0.4 is 5.32 Å². The van der Waals surface area contributed by atoms with Crippen LogP contribution in [0.2, 0.25) is 0 Å². The monoisotopic (exact) mass is 199 g/mol. The van der Waals surface area contributed by atoms with Crippen LogP contribution in [0.1, 0.15) is 10.4 Å². The number of hydrogen-bond donors (Lipinski definition) is 1. The quantitative estimate of drug-likeness (QED) is 0.552. The van der Waals surface area contributed by atoms with E-state index in [1.165, 1.54) is 11.3 Å². The van der Waals surface area contributed by atoms with Crippen molar-refractivity contribution in [1.82, 2.24) is 5.32 Å². The van der Waals surface area contributed by atoms with E-state index in [9.17, 15) is 4.79 Å². The van der Waals surface area contributed by atoms with Crippen molar-refractivity contribution in [3.63, 3.8) is 0 Å². The molecule has 0 radical (unpaired) electrons. The molecule has 0 unspecified atom stereocenters. The van der Waals surface area contributed by atoms with Gasteiger partial charge < -0.3 is 10.1 Å². The minimum absolute atomic E-state index is 0.136. The van der Waals surface area contributed by atoms with Crippen LogP contribution in [0, 0.1) is 0 Å². The first kappa shape index (κ1) is 10.4. The fraction of sp³-hybridized carbons (Fsp3) is 0.444. The van der Waals surface area contributed by atoms with E-state index in [2.05, 4.69) is 5.32 Å². The van der Waals surface area contributed by atoms with Crippen LogP contribution in [0.3, 0.4) is 0 Å². The maximum absolute atomic E-state index is 11.4. The lowest BCUT2D eigenvalue weighted by atomic mass is 10.2. The van der Waals surface area contributed by atoms with E-state index in [0.29, 0.717) is 19.7 Å². The Morgan fingerprint density at radius 1 is 1.69 bits per heavy atom. The lowest BCUT2D eigenvalue weighted by Gasteiger charge is -2.01. The lowest BCUT2D eigenvalue weighted by molar-refractivity contribution is 0.0988. The molecular formula is C9H13NO2S. The standard InChI is InChI=1S/C9H13NO2S/c1-12-4-3-10-6-9(11)8-2-5-13-7-8/h2,5,7,10H,3-4,6H2,1H3. The maximum Gasteiger partial charge on any atom is 0.177 e. The van der Waals surface area contributed by atoms with Crippen molar-refractivity contribution < 1.29 is 9.53 Å². The Balaban J connectivity index is 2.19. The largest absolute Gasteiger partial charge is 0.383 e. The van der Waals surface area contributed by atoms with Crippen LogP contribution in [0.4, 0.5) is 0 Å². The molecule has 1 aromatic heterocycles. The number of carbonyl (C=O) groups is 1. The number of hydrogen-bond acceptors (Lipinski definition) is 4. The molecule has 1 rings (SSSR count). The highest BCUT2D eigenvalue weighted by Gasteiger charge is 2.03. The van der Waals surface area contributed by atoms with Crippen molar-refractivity contribution in [3.05, 3.63) is 22.4 Å². The number of thiophene rings is 1. The molecule has 0 aliphatic rings. The van der Waals surface area contributed by atoms with Crippen LogP contribution in [-0.4, -0.2) is 32.6 Å². The van der Waals surface area contributed by atoms with Gasteiger partial charge in [0.25, 0.3) is 0 Å². The molecule has 1 aromatic rings. The van der Waals surface area contributed by atoms with Gasteiger partial charge in [0.15, 0.2) is 5.78 Å². The first-order valence-corrected chi connectivity index (χ1v) is 5.04. The average molecular weight is 199 g/mol. The molecule has 0 bridgehead atoms. The minimum Gasteiger partial charge on any atom is -0.383 e. The normalized spacial score (nSPS) is 10.2. The maximum atomic E-state index is 11.4. The van der Waals surface area contributed by atoms with Crippen molar-refractivity contribution >= 4 is 17.1 Å². The summed E-state index contributed by atoms with van der Waals surface area (Å²) >= 11 is 1.54. The van der Waals surface area contributed by atoms with Gasteiger partial charge in [-0.3, -0.25) is 4.79 Å². The van der Waals surface area contributed by atoms with Crippen LogP contribution >= 0.6 is 11.3 Å². The molecular weight excluding hydrogens is 186 g/mol. The number of rotatable bonds is 6. The number of methoxy groups -OCH3 is 1. The van der Waals surface area contributed by atoms with Gasteiger partial charge in [-0.15, -0.1) is 0 Å². The van der Waals surface area contributed by atoms with Crippen LogP contribution in [0.25, 0.3) is 0 Å². The second-order valence-corrected chi connectivity index (χ2v) is 3.38. The van der Waals surface area contributed by atoms with E-state index >= 15 is 0 Å². The van der Waals surface area contributed by atoms with E-state index in [-0.39, 0.29) is 5.78 Å². The Kier molecular flexibility index (Phi) is 4.67. The topological polar surface area (TPSA) is 38.3 Å². The zero-order chi connectivity index (χ0) is 9.52. The summed E-state index contributed by atoms with van der Waals surface area (Å²) < 4.78 is 4.84. The van der Waals surface area contributed by atoms with Gasteiger partial charge in [-0.05, 0) is 11.4 Å². The Labute approximate surface area is 81.7 Å². The van der Waals surface area contributed by atoms with Gasteiger partial charge in [0, 0.05) is 24.6 Å². The van der Waals surface area contributed by atoms with Crippen molar-refractivity contribution in [3.8, 4) is 0 Å². The predicted octanol–water partition coefficient (Wildman–Crippen LogP) is 1.17. The molecule has 1 N–H and O–H groups in total. The van der Waals surface area contributed by atoms with E-state index in [4.69, 9.17) is 4.74 Å². The molecule has 0 amide bonds. The Hall–Kier alpha value is -0.710. The highest BCUT2D eigenvalue weighted by molar-refractivity contribution is 7.08. The first-order valence-electron chi connectivity index (χ1n) is 4.09. The van der Waals surface area contributed by atoms with Gasteiger partial charge in [-0.25, -0.2) is 0 Å². The fourth-order valence-electron chi connectivity index (χ4n) is 0.901. The number of carbonyl (C=O) groups excluding carboxylic acids is 1. The smallest absolute Gasteiger partial charge is 0.177 e. The molecule has 0 saturated heterocycles. The number of Topliss-reactive ketones (excluding diaryl/α,β-unsaturated/α-hetero) is 1. The first-order chi connectivity index (χ1) is 6.34. The molecule has 72 valence electrons. The van der Waals surface area contributed by atoms with Gasteiger partial charge in [0.2, 0.25) is 0 Å². The Morgan fingerprint density at radius 3 is 3.15 bits per heavy atom. The molecule has 0 aromatic carbocycles. The lowest BCUT2D eigenvalue weighted by Crippen LogP contribution is -2.26. The number of ether oxygens (including phenoxy) is 1. The summed E-state index contributed by atoms with van der Waals surface area (Å²) in [5, 5.41) is 6.77. The van der Waals surface area contributed by atoms with E-state index in [0.717, 1.165) is 5.56 Å². The van der Waals surface area contributed by atoms with Crippen LogP contribution in [-0.2, 0) is 4.74 Å². The van der Waals surface area contributed by atoms with Crippen LogP contribution in [0.5, 0.6) is 0 Å². The zero-order valence-electron chi connectivity index (χ0n) is 7.58. The zero-order valence-corrected chi connectivity index (χ0v) is 8.39. The molecule has 3 nitrogen and oxygen atoms in total. The van der Waals surface area contributed by atoms with Crippen molar-refractivity contribution in [2.45, 2.75) is 0 Å². The SMILES string of the molecule is COCCNCC(=O)c1ccsc1. The Morgan fingerprint density at radius 2 is 2.54 bits per heavy atom. The summed E-state index contributed by atoms with van der Waals surface area (Å²) in [4.78, 5) is 11.4. The summed E-state index contributed by atoms with van der Waals surface area (Å²) in [6.45, 7) is 1.74. The van der Waals surface area contributed by atoms with Crippen molar-refractivity contribution in [2.75, 3.05) is 26.8 Å². The van der Waals surface area contributed by atoms with E-state index in [1.807, 2.05) is 16.8 Å². The van der Waals surface area contributed by atoms with E-state index < -0.39 is 0 Å². The highest BCUT2D eigenvalue weighted by Crippen LogP contribution is 2.05. The van der Waals surface area contributed by atoms with Crippen LogP contribution in [0.15, 0.2) is 16.8 Å². The molecule has 0 spiro atoms. The summed E-state index contributed by atoms with van der Waals surface area (Å²) in [5.74, 6) is 0.136. The van der Waals surface area contributed by atoms with Crippen molar-refractivity contribution in [1.29, 1.82) is 0 Å². The number of ketones is 1. The summed E-state index contributed by atoms with van der Waals surface area (Å²) in [6, 6.07) is 1.84. The van der Waals surface area contributed by atoms with Gasteiger partial charge in [-0.2, -0.15) is 11.3 Å². The molecule has 13 heavy (non-hydrogen) atoms. The molecule has 0 atom stereocenters. The molecule has 0 aliphatic carbocycles. The molecule has 0 saturated carbocycles. The highest BCUT2D eigenvalue weighted by atomic mass is 32.1. The second kappa shape index (κ2) is 5.85. The third-order valence-electron chi connectivity index (χ3n) is 1.61. The fourth-order valence-corrected chi connectivity index (χ4v) is 1.56. The van der Waals surface area contributed by atoms with Gasteiger partial charge in [0.1, 0.15) is 0 Å². The summed E-state index contributed by atoms with van der Waals surface area (Å²) in [5.41, 5.74) is 0.787. The Bertz CT molecular complexity index is 246. The van der Waals surface area contributed by atoms with E-state index in [1.54, 1.807) is 7.11 Å². The predicted molar refractivity (Wildman–Crippen MR) is 53.4 cm³/mol.